The Labute approximate surface area is 148 Å². The SMILES string of the molecule is COCCOC(=O)Cc1ccc(Cc2ccc(CC(C)=O)cc2)cc1. The third kappa shape index (κ3) is 6.89. The number of hydrogen-bond donors (Lipinski definition) is 0. The lowest BCUT2D eigenvalue weighted by atomic mass is 10.0. The van der Waals surface area contributed by atoms with E-state index in [0.29, 0.717) is 13.0 Å². The first-order chi connectivity index (χ1) is 12.1. The van der Waals surface area contributed by atoms with Gasteiger partial charge in [-0.2, -0.15) is 0 Å². The van der Waals surface area contributed by atoms with Crippen molar-refractivity contribution in [3.8, 4) is 0 Å². The Bertz CT molecular complexity index is 687. The van der Waals surface area contributed by atoms with Crippen molar-refractivity contribution in [1.29, 1.82) is 0 Å². The van der Waals surface area contributed by atoms with E-state index < -0.39 is 0 Å². The van der Waals surface area contributed by atoms with Gasteiger partial charge in [-0.05, 0) is 35.6 Å². The molecule has 132 valence electrons. The fourth-order valence-electron chi connectivity index (χ4n) is 2.53. The standard InChI is InChI=1S/C21H24O4/c1-16(22)13-17-3-5-18(6-4-17)14-19-7-9-20(10-8-19)15-21(23)25-12-11-24-2/h3-10H,11-15H2,1-2H3. The van der Waals surface area contributed by atoms with Crippen LogP contribution in [0.4, 0.5) is 0 Å². The second kappa shape index (κ2) is 9.74. The molecule has 0 saturated carbocycles. The lowest BCUT2D eigenvalue weighted by molar-refractivity contribution is -0.144. The number of rotatable bonds is 9. The summed E-state index contributed by atoms with van der Waals surface area (Å²) in [5, 5.41) is 0. The summed E-state index contributed by atoms with van der Waals surface area (Å²) in [4.78, 5) is 22.8. The number of carbonyl (C=O) groups is 2. The number of benzene rings is 2. The minimum absolute atomic E-state index is 0.170. The molecule has 0 atom stereocenters. The van der Waals surface area contributed by atoms with Crippen LogP contribution in [0.15, 0.2) is 48.5 Å². The highest BCUT2D eigenvalue weighted by Gasteiger charge is 2.05. The van der Waals surface area contributed by atoms with Gasteiger partial charge in [0.2, 0.25) is 0 Å². The van der Waals surface area contributed by atoms with E-state index in [1.165, 1.54) is 11.1 Å². The minimum atomic E-state index is -0.245. The van der Waals surface area contributed by atoms with Crippen molar-refractivity contribution >= 4 is 11.8 Å². The zero-order valence-corrected chi connectivity index (χ0v) is 14.8. The molecule has 4 heteroatoms. The molecule has 4 nitrogen and oxygen atoms in total. The Balaban J connectivity index is 1.87. The second-order valence-corrected chi connectivity index (χ2v) is 6.08. The van der Waals surface area contributed by atoms with E-state index in [0.717, 1.165) is 17.5 Å². The van der Waals surface area contributed by atoms with Crippen LogP contribution in [0.5, 0.6) is 0 Å². The highest BCUT2D eigenvalue weighted by molar-refractivity contribution is 5.78. The van der Waals surface area contributed by atoms with Crippen molar-refractivity contribution in [3.05, 3.63) is 70.8 Å². The average Bonchev–Trinajstić information content (AvgIpc) is 2.58. The first-order valence-electron chi connectivity index (χ1n) is 8.36. The molecule has 0 spiro atoms. The molecule has 0 aliphatic heterocycles. The quantitative estimate of drug-likeness (QED) is 0.520. The lowest BCUT2D eigenvalue weighted by Gasteiger charge is -2.06. The van der Waals surface area contributed by atoms with Crippen molar-refractivity contribution in [2.45, 2.75) is 26.2 Å². The Morgan fingerprint density at radius 3 is 1.72 bits per heavy atom. The molecule has 0 radical (unpaired) electrons. The van der Waals surface area contributed by atoms with Gasteiger partial charge >= 0.3 is 5.97 Å². The van der Waals surface area contributed by atoms with Crippen LogP contribution in [-0.4, -0.2) is 32.1 Å². The number of carbonyl (C=O) groups excluding carboxylic acids is 2. The monoisotopic (exact) mass is 340 g/mol. The number of methoxy groups -OCH3 is 1. The molecule has 2 aromatic rings. The molecule has 0 N–H and O–H groups in total. The van der Waals surface area contributed by atoms with Crippen LogP contribution in [0, 0.1) is 0 Å². The molecule has 25 heavy (non-hydrogen) atoms. The smallest absolute Gasteiger partial charge is 0.310 e. The summed E-state index contributed by atoms with van der Waals surface area (Å²) in [6.07, 6.45) is 1.57. The average molecular weight is 340 g/mol. The van der Waals surface area contributed by atoms with Crippen molar-refractivity contribution in [2.75, 3.05) is 20.3 Å². The van der Waals surface area contributed by atoms with Crippen molar-refractivity contribution in [2.24, 2.45) is 0 Å². The number of hydrogen-bond acceptors (Lipinski definition) is 4. The predicted molar refractivity (Wildman–Crippen MR) is 96.6 cm³/mol. The first kappa shape index (κ1) is 18.9. The highest BCUT2D eigenvalue weighted by atomic mass is 16.6. The Morgan fingerprint density at radius 1 is 0.760 bits per heavy atom. The highest BCUT2D eigenvalue weighted by Crippen LogP contribution is 2.13. The fraction of sp³-hybridized carbons (Fsp3) is 0.333. The predicted octanol–water partition coefficient (Wildman–Crippen LogP) is 3.14. The van der Waals surface area contributed by atoms with Crippen molar-refractivity contribution in [3.63, 3.8) is 0 Å². The van der Waals surface area contributed by atoms with Gasteiger partial charge in [0, 0.05) is 13.5 Å². The summed E-state index contributed by atoms with van der Waals surface area (Å²) in [6, 6.07) is 16.1. The van der Waals surface area contributed by atoms with Gasteiger partial charge < -0.3 is 9.47 Å². The van der Waals surface area contributed by atoms with Crippen LogP contribution in [0.1, 0.15) is 29.2 Å². The topological polar surface area (TPSA) is 52.6 Å². The van der Waals surface area contributed by atoms with Gasteiger partial charge in [-0.25, -0.2) is 0 Å². The molecule has 2 aromatic carbocycles. The first-order valence-corrected chi connectivity index (χ1v) is 8.36. The molecule has 0 amide bonds. The molecule has 2 rings (SSSR count). The van der Waals surface area contributed by atoms with Gasteiger partial charge in [0.15, 0.2) is 0 Å². The van der Waals surface area contributed by atoms with E-state index in [4.69, 9.17) is 9.47 Å². The fourth-order valence-corrected chi connectivity index (χ4v) is 2.53. The maximum absolute atomic E-state index is 11.7. The number of ether oxygens (including phenoxy) is 2. The maximum atomic E-state index is 11.7. The van der Waals surface area contributed by atoms with E-state index in [1.54, 1.807) is 14.0 Å². The van der Waals surface area contributed by atoms with E-state index in [1.807, 2.05) is 36.4 Å². The molecule has 0 unspecified atom stereocenters. The molecule has 0 heterocycles. The van der Waals surface area contributed by atoms with Crippen LogP contribution in [0.3, 0.4) is 0 Å². The van der Waals surface area contributed by atoms with E-state index in [2.05, 4.69) is 12.1 Å². The van der Waals surface area contributed by atoms with Gasteiger partial charge in [0.1, 0.15) is 12.4 Å². The Kier molecular flexibility index (Phi) is 7.36. The minimum Gasteiger partial charge on any atom is -0.463 e. The summed E-state index contributed by atoms with van der Waals surface area (Å²) in [5.74, 6) is -0.0741. The molecule has 0 aromatic heterocycles. The molecule has 0 aliphatic rings. The Morgan fingerprint density at radius 2 is 1.24 bits per heavy atom. The van der Waals surface area contributed by atoms with Crippen LogP contribution in [0.25, 0.3) is 0 Å². The number of ketones is 1. The van der Waals surface area contributed by atoms with Crippen LogP contribution >= 0.6 is 0 Å². The lowest BCUT2D eigenvalue weighted by Crippen LogP contribution is -2.11. The summed E-state index contributed by atoms with van der Waals surface area (Å²) >= 11 is 0. The van der Waals surface area contributed by atoms with E-state index in [-0.39, 0.29) is 24.8 Å². The third-order valence-corrected chi connectivity index (χ3v) is 3.81. The Hall–Kier alpha value is -2.46. The molecule has 0 aliphatic carbocycles. The second-order valence-electron chi connectivity index (χ2n) is 6.08. The molecule has 0 saturated heterocycles. The van der Waals surface area contributed by atoms with Crippen LogP contribution in [-0.2, 0) is 38.3 Å². The van der Waals surface area contributed by atoms with E-state index in [9.17, 15) is 9.59 Å². The molecule has 0 bridgehead atoms. The van der Waals surface area contributed by atoms with Gasteiger partial charge in [-0.1, -0.05) is 48.5 Å². The molecular formula is C21H24O4. The summed E-state index contributed by atoms with van der Waals surface area (Å²) in [7, 11) is 1.57. The van der Waals surface area contributed by atoms with Gasteiger partial charge in [0.25, 0.3) is 0 Å². The summed E-state index contributed by atoms with van der Waals surface area (Å²) in [5.41, 5.74) is 4.34. The zero-order chi connectivity index (χ0) is 18.1. The normalized spacial score (nSPS) is 10.5. The number of Topliss-reactive ketones (excluding diaryl/α,β-unsaturated/α-hetero) is 1. The maximum Gasteiger partial charge on any atom is 0.310 e. The van der Waals surface area contributed by atoms with Crippen molar-refractivity contribution in [1.82, 2.24) is 0 Å². The van der Waals surface area contributed by atoms with E-state index >= 15 is 0 Å². The van der Waals surface area contributed by atoms with Crippen molar-refractivity contribution < 1.29 is 19.1 Å². The summed E-state index contributed by atoms with van der Waals surface area (Å²) in [6.45, 7) is 2.30. The largest absolute Gasteiger partial charge is 0.463 e. The van der Waals surface area contributed by atoms with Gasteiger partial charge in [-0.3, -0.25) is 9.59 Å². The summed E-state index contributed by atoms with van der Waals surface area (Å²) < 4.78 is 9.91. The molecular weight excluding hydrogens is 316 g/mol. The van der Waals surface area contributed by atoms with Gasteiger partial charge in [0.05, 0.1) is 13.0 Å². The van der Waals surface area contributed by atoms with Gasteiger partial charge in [-0.15, -0.1) is 0 Å². The zero-order valence-electron chi connectivity index (χ0n) is 14.8. The molecule has 0 fully saturated rings. The van der Waals surface area contributed by atoms with Crippen LogP contribution in [0.2, 0.25) is 0 Å². The number of esters is 1. The third-order valence-electron chi connectivity index (χ3n) is 3.81. The van der Waals surface area contributed by atoms with Crippen LogP contribution < -0.4 is 0 Å².